The minimum Gasteiger partial charge on any atom is -0.477 e. The second kappa shape index (κ2) is 17.2. The zero-order valence-corrected chi connectivity index (χ0v) is 28.6. The molecule has 0 saturated heterocycles. The Balaban J connectivity index is 1.64. The molecule has 0 saturated carbocycles. The third kappa shape index (κ3) is 10.1. The molecular formula is C34H45N9O6. The zero-order chi connectivity index (χ0) is 35.5. The van der Waals surface area contributed by atoms with E-state index in [-0.39, 0.29) is 56.1 Å². The molecule has 1 aliphatic rings. The fraction of sp³-hybridized carbons (Fsp3) is 0.471. The molecule has 49 heavy (non-hydrogen) atoms. The van der Waals surface area contributed by atoms with Gasteiger partial charge in [-0.1, -0.05) is 44.2 Å². The highest BCUT2D eigenvalue weighted by molar-refractivity contribution is 5.99. The third-order valence-electron chi connectivity index (χ3n) is 7.71. The number of amides is 5. The van der Waals surface area contributed by atoms with Gasteiger partial charge in [-0.05, 0) is 51.7 Å². The molecule has 0 unspecified atom stereocenters. The van der Waals surface area contributed by atoms with E-state index in [4.69, 9.17) is 4.74 Å². The molecule has 4 N–H and O–H groups in total. The summed E-state index contributed by atoms with van der Waals surface area (Å²) in [4.78, 5) is 77.0. The Bertz CT molecular complexity index is 1630. The van der Waals surface area contributed by atoms with Gasteiger partial charge in [-0.25, -0.2) is 14.6 Å². The van der Waals surface area contributed by atoms with Crippen molar-refractivity contribution in [2.45, 2.75) is 72.1 Å². The van der Waals surface area contributed by atoms with E-state index in [1.54, 1.807) is 26.0 Å². The molecule has 3 atom stereocenters. The van der Waals surface area contributed by atoms with E-state index in [1.807, 2.05) is 44.2 Å². The van der Waals surface area contributed by atoms with Crippen LogP contribution < -0.4 is 26.0 Å². The second-order valence-electron chi connectivity index (χ2n) is 12.2. The van der Waals surface area contributed by atoms with E-state index in [1.165, 1.54) is 22.7 Å². The fourth-order valence-corrected chi connectivity index (χ4v) is 5.32. The standard InChI is InChI=1S/C34H45N9O6/c1-6-49-33-25(14-10-15-36-33)34(48)42-17-11-16-35-27(44)20-43-30(40-29(41-43)24-12-8-7-9-13-24)22(4)38-32(47)26(18-21(2)3)39-31(46)23(5)37-28(45)19-42/h7-10,12-15,21-23,26H,6,11,16-20H2,1-5H3,(H,35,44)(H,37,45)(H,38,47)(H,39,46)/t22-,23+,26+/m0/s1. The minimum absolute atomic E-state index is 0.0449. The molecule has 15 nitrogen and oxygen atoms in total. The maximum Gasteiger partial charge on any atom is 0.259 e. The first kappa shape index (κ1) is 36.5. The number of benzene rings is 1. The van der Waals surface area contributed by atoms with Crippen molar-refractivity contribution >= 4 is 29.5 Å². The first-order valence-electron chi connectivity index (χ1n) is 16.5. The number of hydrogen-bond acceptors (Lipinski definition) is 9. The number of pyridine rings is 1. The molecular weight excluding hydrogens is 630 g/mol. The third-order valence-corrected chi connectivity index (χ3v) is 7.71. The summed E-state index contributed by atoms with van der Waals surface area (Å²) >= 11 is 0. The van der Waals surface area contributed by atoms with E-state index in [9.17, 15) is 24.0 Å². The molecule has 4 rings (SSSR count). The van der Waals surface area contributed by atoms with Crippen molar-refractivity contribution in [3.8, 4) is 17.3 Å². The molecule has 0 spiro atoms. The molecule has 0 fully saturated rings. The zero-order valence-electron chi connectivity index (χ0n) is 28.6. The fourth-order valence-electron chi connectivity index (χ4n) is 5.32. The molecule has 0 bridgehead atoms. The van der Waals surface area contributed by atoms with Gasteiger partial charge in [0.1, 0.15) is 30.0 Å². The second-order valence-corrected chi connectivity index (χ2v) is 12.2. The lowest BCUT2D eigenvalue weighted by atomic mass is 10.0. The van der Waals surface area contributed by atoms with Crippen LogP contribution >= 0.6 is 0 Å². The van der Waals surface area contributed by atoms with Crippen LogP contribution in [0, 0.1) is 5.92 Å². The Kier molecular flexibility index (Phi) is 12.8. The van der Waals surface area contributed by atoms with Crippen LogP contribution in [-0.2, 0) is 25.7 Å². The van der Waals surface area contributed by atoms with Crippen molar-refractivity contribution in [2.75, 3.05) is 26.2 Å². The number of carbonyl (C=O) groups is 5. The lowest BCUT2D eigenvalue weighted by Crippen LogP contribution is -2.54. The smallest absolute Gasteiger partial charge is 0.259 e. The van der Waals surface area contributed by atoms with Crippen molar-refractivity contribution in [2.24, 2.45) is 5.92 Å². The lowest BCUT2D eigenvalue weighted by molar-refractivity contribution is -0.132. The summed E-state index contributed by atoms with van der Waals surface area (Å²) < 4.78 is 6.99. The van der Waals surface area contributed by atoms with Gasteiger partial charge in [-0.3, -0.25) is 24.0 Å². The molecule has 15 heteroatoms. The molecule has 3 aromatic rings. The molecule has 262 valence electrons. The predicted molar refractivity (Wildman–Crippen MR) is 180 cm³/mol. The SMILES string of the molecule is CCOc1ncccc1C(=O)N1CCCNC(=O)Cn2nc(-c3ccccc3)nc2[C@H](C)NC(=O)[C@@H](CC(C)C)NC(=O)[C@@H](C)NC(=O)C1. The van der Waals surface area contributed by atoms with Crippen LogP contribution in [0.25, 0.3) is 11.4 Å². The van der Waals surface area contributed by atoms with Gasteiger partial charge in [0.2, 0.25) is 29.5 Å². The summed E-state index contributed by atoms with van der Waals surface area (Å²) in [6.07, 6.45) is 2.14. The Labute approximate surface area is 285 Å². The van der Waals surface area contributed by atoms with Gasteiger partial charge in [0, 0.05) is 24.8 Å². The Morgan fingerprint density at radius 1 is 0.939 bits per heavy atom. The van der Waals surface area contributed by atoms with E-state index >= 15 is 0 Å². The molecule has 0 radical (unpaired) electrons. The topological polar surface area (TPSA) is 190 Å². The van der Waals surface area contributed by atoms with Crippen molar-refractivity contribution in [1.82, 2.24) is 45.9 Å². The van der Waals surface area contributed by atoms with Gasteiger partial charge >= 0.3 is 0 Å². The molecule has 5 amide bonds. The van der Waals surface area contributed by atoms with Crippen LogP contribution in [-0.4, -0.2) is 92.5 Å². The quantitative estimate of drug-likeness (QED) is 0.301. The Morgan fingerprint density at radius 3 is 2.41 bits per heavy atom. The highest BCUT2D eigenvalue weighted by Gasteiger charge is 2.29. The lowest BCUT2D eigenvalue weighted by Gasteiger charge is -2.25. The molecule has 2 aromatic heterocycles. The van der Waals surface area contributed by atoms with Crippen molar-refractivity contribution < 1.29 is 28.7 Å². The summed E-state index contributed by atoms with van der Waals surface area (Å²) in [5.74, 6) is -1.53. The minimum atomic E-state index is -1.01. The first-order valence-corrected chi connectivity index (χ1v) is 16.5. The molecule has 0 aliphatic carbocycles. The number of aromatic nitrogens is 4. The average Bonchev–Trinajstić information content (AvgIpc) is 3.49. The number of fused-ring (bicyclic) bond motifs is 1. The number of nitrogens with zero attached hydrogens (tertiary/aromatic N) is 5. The largest absolute Gasteiger partial charge is 0.477 e. The van der Waals surface area contributed by atoms with Crippen molar-refractivity contribution in [1.29, 1.82) is 0 Å². The summed E-state index contributed by atoms with van der Waals surface area (Å²) in [5.41, 5.74) is 0.915. The summed E-state index contributed by atoms with van der Waals surface area (Å²) in [5, 5.41) is 15.8. The normalized spacial score (nSPS) is 20.1. The number of carbonyl (C=O) groups excluding carboxylic acids is 5. The van der Waals surface area contributed by atoms with Gasteiger partial charge in [-0.2, -0.15) is 5.10 Å². The number of ether oxygens (including phenoxy) is 1. The van der Waals surface area contributed by atoms with E-state index in [2.05, 4.69) is 36.3 Å². The monoisotopic (exact) mass is 675 g/mol. The van der Waals surface area contributed by atoms with Gasteiger partial charge in [-0.15, -0.1) is 0 Å². The summed E-state index contributed by atoms with van der Waals surface area (Å²) in [7, 11) is 0. The number of rotatable bonds is 6. The van der Waals surface area contributed by atoms with Crippen molar-refractivity contribution in [3.63, 3.8) is 0 Å². The van der Waals surface area contributed by atoms with Gasteiger partial charge in [0.25, 0.3) is 5.91 Å². The van der Waals surface area contributed by atoms with E-state index in [0.717, 1.165) is 5.56 Å². The Hall–Kier alpha value is -5.34. The molecule has 1 aliphatic heterocycles. The number of nitrogens with one attached hydrogen (secondary N) is 4. The first-order chi connectivity index (χ1) is 23.5. The van der Waals surface area contributed by atoms with Crippen LogP contribution in [0.3, 0.4) is 0 Å². The molecule has 3 heterocycles. The maximum absolute atomic E-state index is 13.7. The Morgan fingerprint density at radius 2 is 1.69 bits per heavy atom. The van der Waals surface area contributed by atoms with Crippen molar-refractivity contribution in [3.05, 3.63) is 60.0 Å². The van der Waals surface area contributed by atoms with Crippen LogP contribution in [0.1, 0.15) is 69.7 Å². The van der Waals surface area contributed by atoms with Crippen LogP contribution in [0.15, 0.2) is 48.7 Å². The highest BCUT2D eigenvalue weighted by atomic mass is 16.5. The van der Waals surface area contributed by atoms with E-state index < -0.39 is 41.8 Å². The predicted octanol–water partition coefficient (Wildman–Crippen LogP) is 1.61. The average molecular weight is 676 g/mol. The number of hydrogen-bond donors (Lipinski definition) is 4. The van der Waals surface area contributed by atoms with Gasteiger partial charge in [0.15, 0.2) is 5.82 Å². The molecule has 1 aromatic carbocycles. The summed E-state index contributed by atoms with van der Waals surface area (Å²) in [6.45, 7) is 8.88. The van der Waals surface area contributed by atoms with Gasteiger partial charge < -0.3 is 30.9 Å². The van der Waals surface area contributed by atoms with Crippen LogP contribution in [0.4, 0.5) is 0 Å². The highest BCUT2D eigenvalue weighted by Crippen LogP contribution is 2.20. The van der Waals surface area contributed by atoms with Crippen LogP contribution in [0.2, 0.25) is 0 Å². The summed E-state index contributed by atoms with van der Waals surface area (Å²) in [6, 6.07) is 9.81. The maximum atomic E-state index is 13.7. The van der Waals surface area contributed by atoms with Gasteiger partial charge in [0.05, 0.1) is 19.2 Å². The van der Waals surface area contributed by atoms with E-state index in [0.29, 0.717) is 24.5 Å². The van der Waals surface area contributed by atoms with Crippen LogP contribution in [0.5, 0.6) is 5.88 Å².